The number of aliphatic carboxylic acids is 1. The molecule has 0 saturated heterocycles. The van der Waals surface area contributed by atoms with E-state index in [9.17, 15) is 9.90 Å². The van der Waals surface area contributed by atoms with Crippen molar-refractivity contribution in [3.05, 3.63) is 71.8 Å². The summed E-state index contributed by atoms with van der Waals surface area (Å²) in [4.78, 5) is 11.6. The van der Waals surface area contributed by atoms with Crippen molar-refractivity contribution >= 4 is 5.97 Å². The molecule has 0 radical (unpaired) electrons. The summed E-state index contributed by atoms with van der Waals surface area (Å²) in [5, 5.41) is 12.9. The molecular weight excluding hydrogens is 262 g/mol. The monoisotopic (exact) mass is 281 g/mol. The van der Waals surface area contributed by atoms with E-state index in [-0.39, 0.29) is 6.04 Å². The molecule has 0 bridgehead atoms. The molecule has 0 aliphatic heterocycles. The van der Waals surface area contributed by atoms with Gasteiger partial charge in [-0.15, -0.1) is 0 Å². The first-order chi connectivity index (χ1) is 10.3. The summed E-state index contributed by atoms with van der Waals surface area (Å²) in [5.41, 5.74) is 1.97. The summed E-state index contributed by atoms with van der Waals surface area (Å²) >= 11 is 0. The largest absolute Gasteiger partial charge is 0.480 e. The van der Waals surface area contributed by atoms with Crippen LogP contribution in [-0.4, -0.2) is 11.1 Å². The molecule has 21 heavy (non-hydrogen) atoms. The van der Waals surface area contributed by atoms with Crippen LogP contribution in [0.15, 0.2) is 60.7 Å². The second-order valence-corrected chi connectivity index (χ2v) is 5.57. The van der Waals surface area contributed by atoms with Gasteiger partial charge in [-0.1, -0.05) is 60.7 Å². The number of nitrogens with one attached hydrogen (secondary N) is 1. The van der Waals surface area contributed by atoms with Crippen LogP contribution >= 0.6 is 0 Å². The van der Waals surface area contributed by atoms with E-state index in [0.29, 0.717) is 5.92 Å². The SMILES string of the molecule is O=C(O)C(NC(c1ccccc1)C1CC1)c1ccccc1. The van der Waals surface area contributed by atoms with Crippen molar-refractivity contribution in [3.63, 3.8) is 0 Å². The molecule has 0 heterocycles. The third-order valence-corrected chi connectivity index (χ3v) is 3.98. The number of benzene rings is 2. The summed E-state index contributed by atoms with van der Waals surface area (Å²) < 4.78 is 0. The van der Waals surface area contributed by atoms with Crippen molar-refractivity contribution in [1.29, 1.82) is 0 Å². The Morgan fingerprint density at radius 1 is 0.952 bits per heavy atom. The zero-order valence-electron chi connectivity index (χ0n) is 11.8. The maximum atomic E-state index is 11.6. The molecule has 0 spiro atoms. The summed E-state index contributed by atoms with van der Waals surface area (Å²) in [5.74, 6) is -0.291. The summed E-state index contributed by atoms with van der Waals surface area (Å²) in [6.07, 6.45) is 2.32. The third kappa shape index (κ3) is 3.31. The average Bonchev–Trinajstić information content (AvgIpc) is 3.34. The van der Waals surface area contributed by atoms with E-state index in [4.69, 9.17) is 0 Å². The van der Waals surface area contributed by atoms with Crippen LogP contribution in [0.4, 0.5) is 0 Å². The van der Waals surface area contributed by atoms with Gasteiger partial charge in [-0.2, -0.15) is 0 Å². The molecule has 2 unspecified atom stereocenters. The van der Waals surface area contributed by atoms with Crippen LogP contribution in [0.1, 0.15) is 36.1 Å². The van der Waals surface area contributed by atoms with Crippen LogP contribution in [0.2, 0.25) is 0 Å². The Morgan fingerprint density at radius 3 is 1.95 bits per heavy atom. The maximum Gasteiger partial charge on any atom is 0.325 e. The Balaban J connectivity index is 1.85. The smallest absolute Gasteiger partial charge is 0.325 e. The van der Waals surface area contributed by atoms with E-state index in [1.807, 2.05) is 48.5 Å². The Morgan fingerprint density at radius 2 is 1.48 bits per heavy atom. The van der Waals surface area contributed by atoms with Gasteiger partial charge in [0.05, 0.1) is 0 Å². The number of hydrogen-bond donors (Lipinski definition) is 2. The predicted octanol–water partition coefficient (Wildman–Crippen LogP) is 3.55. The minimum absolute atomic E-state index is 0.104. The molecule has 1 fully saturated rings. The van der Waals surface area contributed by atoms with Gasteiger partial charge in [0.1, 0.15) is 6.04 Å². The molecule has 3 nitrogen and oxygen atoms in total. The van der Waals surface area contributed by atoms with E-state index in [1.54, 1.807) is 0 Å². The Kier molecular flexibility index (Phi) is 4.02. The number of rotatable bonds is 6. The molecule has 2 aromatic rings. The van der Waals surface area contributed by atoms with E-state index in [1.165, 1.54) is 5.56 Å². The van der Waals surface area contributed by atoms with Crippen molar-refractivity contribution < 1.29 is 9.90 Å². The lowest BCUT2D eigenvalue weighted by atomic mass is 9.99. The van der Waals surface area contributed by atoms with Gasteiger partial charge in [0.2, 0.25) is 0 Å². The molecule has 3 rings (SSSR count). The minimum atomic E-state index is -0.831. The van der Waals surface area contributed by atoms with E-state index >= 15 is 0 Å². The highest BCUT2D eigenvalue weighted by Gasteiger charge is 2.35. The van der Waals surface area contributed by atoms with Crippen molar-refractivity contribution in [1.82, 2.24) is 5.32 Å². The van der Waals surface area contributed by atoms with Gasteiger partial charge >= 0.3 is 5.97 Å². The molecule has 1 saturated carbocycles. The zero-order valence-corrected chi connectivity index (χ0v) is 11.8. The molecular formula is C18H19NO2. The molecule has 0 amide bonds. The van der Waals surface area contributed by atoms with Crippen LogP contribution in [0.25, 0.3) is 0 Å². The van der Waals surface area contributed by atoms with Crippen molar-refractivity contribution in [3.8, 4) is 0 Å². The fourth-order valence-electron chi connectivity index (χ4n) is 2.73. The fraction of sp³-hybridized carbons (Fsp3) is 0.278. The van der Waals surface area contributed by atoms with Crippen LogP contribution in [0, 0.1) is 5.92 Å². The van der Waals surface area contributed by atoms with E-state index < -0.39 is 12.0 Å². The average molecular weight is 281 g/mol. The fourth-order valence-corrected chi connectivity index (χ4v) is 2.73. The Bertz CT molecular complexity index is 593. The lowest BCUT2D eigenvalue weighted by Gasteiger charge is -2.24. The first-order valence-corrected chi connectivity index (χ1v) is 7.34. The van der Waals surface area contributed by atoms with Crippen LogP contribution in [0.5, 0.6) is 0 Å². The highest BCUT2D eigenvalue weighted by molar-refractivity contribution is 5.75. The van der Waals surface area contributed by atoms with Gasteiger partial charge < -0.3 is 5.11 Å². The normalized spacial score (nSPS) is 17.1. The number of carboxylic acid groups (broad SMARTS) is 1. The maximum absolute atomic E-state index is 11.6. The summed E-state index contributed by atoms with van der Waals surface area (Å²) in [6.45, 7) is 0. The number of carboxylic acids is 1. The van der Waals surface area contributed by atoms with Crippen molar-refractivity contribution in [2.45, 2.75) is 24.9 Å². The van der Waals surface area contributed by atoms with Gasteiger partial charge in [0.25, 0.3) is 0 Å². The Hall–Kier alpha value is -2.13. The lowest BCUT2D eigenvalue weighted by Crippen LogP contribution is -2.33. The van der Waals surface area contributed by atoms with Gasteiger partial charge in [0, 0.05) is 6.04 Å². The molecule has 1 aliphatic carbocycles. The predicted molar refractivity (Wildman–Crippen MR) is 81.9 cm³/mol. The van der Waals surface area contributed by atoms with Gasteiger partial charge in [-0.3, -0.25) is 10.1 Å². The number of carbonyl (C=O) groups is 1. The van der Waals surface area contributed by atoms with E-state index in [2.05, 4.69) is 17.4 Å². The quantitative estimate of drug-likeness (QED) is 0.851. The molecule has 3 heteroatoms. The Labute approximate surface area is 124 Å². The molecule has 2 N–H and O–H groups in total. The second kappa shape index (κ2) is 6.10. The molecule has 108 valence electrons. The lowest BCUT2D eigenvalue weighted by molar-refractivity contribution is -0.140. The van der Waals surface area contributed by atoms with Gasteiger partial charge in [0.15, 0.2) is 0 Å². The minimum Gasteiger partial charge on any atom is -0.480 e. The molecule has 1 aliphatic rings. The van der Waals surface area contributed by atoms with Crippen LogP contribution in [0.3, 0.4) is 0 Å². The first kappa shape index (κ1) is 13.8. The van der Waals surface area contributed by atoms with Crippen molar-refractivity contribution in [2.24, 2.45) is 5.92 Å². The van der Waals surface area contributed by atoms with Crippen molar-refractivity contribution in [2.75, 3.05) is 0 Å². The highest BCUT2D eigenvalue weighted by Crippen LogP contribution is 2.42. The molecule has 0 aromatic heterocycles. The van der Waals surface area contributed by atoms with Gasteiger partial charge in [-0.05, 0) is 29.9 Å². The standard InChI is InChI=1S/C18H19NO2/c20-18(21)17(14-9-5-2-6-10-14)19-16(15-11-12-15)13-7-3-1-4-8-13/h1-10,15-17,19H,11-12H2,(H,20,21). The second-order valence-electron chi connectivity index (χ2n) is 5.57. The highest BCUT2D eigenvalue weighted by atomic mass is 16.4. The van der Waals surface area contributed by atoms with E-state index in [0.717, 1.165) is 18.4 Å². The van der Waals surface area contributed by atoms with Gasteiger partial charge in [-0.25, -0.2) is 0 Å². The number of hydrogen-bond acceptors (Lipinski definition) is 2. The zero-order chi connectivity index (χ0) is 14.7. The van der Waals surface area contributed by atoms with Crippen LogP contribution in [-0.2, 0) is 4.79 Å². The van der Waals surface area contributed by atoms with Crippen LogP contribution < -0.4 is 5.32 Å². The summed E-state index contributed by atoms with van der Waals surface area (Å²) in [7, 11) is 0. The molecule has 2 aromatic carbocycles. The summed E-state index contributed by atoms with van der Waals surface area (Å²) in [6, 6.07) is 18.9. The molecule has 2 atom stereocenters. The third-order valence-electron chi connectivity index (χ3n) is 3.98. The first-order valence-electron chi connectivity index (χ1n) is 7.34. The topological polar surface area (TPSA) is 49.3 Å².